The molecule has 64 valence electrons. The fourth-order valence-corrected chi connectivity index (χ4v) is 1.54. The number of nitrogens with zero attached hydrogens (tertiary/aromatic N) is 1. The van der Waals surface area contributed by atoms with Crippen LogP contribution in [0.15, 0.2) is 0 Å². The summed E-state index contributed by atoms with van der Waals surface area (Å²) in [6.45, 7) is 5.21. The van der Waals surface area contributed by atoms with E-state index in [1.165, 1.54) is 0 Å². The standard InChI is InChI=1S/C8H16N2O/c1-3-10-5-4-7(6-10)8(11)9-2/h7H,3-6H2,1-2H3,(H,9,11). The lowest BCUT2D eigenvalue weighted by atomic mass is 10.1. The Kier molecular flexibility index (Phi) is 2.88. The maximum absolute atomic E-state index is 11.1. The van der Waals surface area contributed by atoms with Crippen molar-refractivity contribution in [3.05, 3.63) is 0 Å². The molecule has 1 fully saturated rings. The van der Waals surface area contributed by atoms with Crippen LogP contribution in [0.25, 0.3) is 0 Å². The second-order valence-electron chi connectivity index (χ2n) is 2.99. The van der Waals surface area contributed by atoms with E-state index in [0.717, 1.165) is 26.1 Å². The summed E-state index contributed by atoms with van der Waals surface area (Å²) in [4.78, 5) is 13.4. The van der Waals surface area contributed by atoms with E-state index >= 15 is 0 Å². The van der Waals surface area contributed by atoms with Gasteiger partial charge in [-0.1, -0.05) is 6.92 Å². The van der Waals surface area contributed by atoms with Gasteiger partial charge >= 0.3 is 0 Å². The minimum Gasteiger partial charge on any atom is -0.359 e. The van der Waals surface area contributed by atoms with Crippen molar-refractivity contribution >= 4 is 5.91 Å². The van der Waals surface area contributed by atoms with Crippen LogP contribution in [0.3, 0.4) is 0 Å². The molecule has 1 unspecified atom stereocenters. The molecule has 1 amide bonds. The zero-order valence-electron chi connectivity index (χ0n) is 7.26. The zero-order valence-corrected chi connectivity index (χ0v) is 7.26. The molecule has 3 heteroatoms. The predicted molar refractivity (Wildman–Crippen MR) is 44.3 cm³/mol. The number of carbonyl (C=O) groups is 1. The van der Waals surface area contributed by atoms with Gasteiger partial charge in [-0.3, -0.25) is 4.79 Å². The Balaban J connectivity index is 2.35. The van der Waals surface area contributed by atoms with Gasteiger partial charge in [0.25, 0.3) is 0 Å². The molecule has 0 spiro atoms. The molecule has 0 aliphatic carbocycles. The van der Waals surface area contributed by atoms with Gasteiger partial charge in [-0.15, -0.1) is 0 Å². The molecule has 1 heterocycles. The van der Waals surface area contributed by atoms with E-state index in [2.05, 4.69) is 17.1 Å². The highest BCUT2D eigenvalue weighted by Gasteiger charge is 2.25. The van der Waals surface area contributed by atoms with Gasteiger partial charge in [0.2, 0.25) is 5.91 Å². The molecule has 3 nitrogen and oxygen atoms in total. The fraction of sp³-hybridized carbons (Fsp3) is 0.875. The third kappa shape index (κ3) is 1.93. The predicted octanol–water partition coefficient (Wildman–Crippen LogP) is 0.0742. The summed E-state index contributed by atoms with van der Waals surface area (Å²) in [5, 5.41) is 2.69. The molecule has 0 radical (unpaired) electrons. The zero-order chi connectivity index (χ0) is 8.27. The molecule has 1 N–H and O–H groups in total. The van der Waals surface area contributed by atoms with Crippen molar-refractivity contribution in [3.8, 4) is 0 Å². The number of rotatable bonds is 2. The minimum absolute atomic E-state index is 0.195. The minimum atomic E-state index is 0.195. The van der Waals surface area contributed by atoms with Crippen LogP contribution < -0.4 is 5.32 Å². The summed E-state index contributed by atoms with van der Waals surface area (Å²) in [6.07, 6.45) is 1.02. The number of carbonyl (C=O) groups excluding carboxylic acids is 1. The van der Waals surface area contributed by atoms with Crippen molar-refractivity contribution in [1.29, 1.82) is 0 Å². The van der Waals surface area contributed by atoms with Crippen LogP contribution >= 0.6 is 0 Å². The number of hydrogen-bond donors (Lipinski definition) is 1. The van der Waals surface area contributed by atoms with Gasteiger partial charge in [0.1, 0.15) is 0 Å². The Morgan fingerprint density at radius 2 is 2.45 bits per heavy atom. The van der Waals surface area contributed by atoms with Gasteiger partial charge in [0.05, 0.1) is 5.92 Å². The van der Waals surface area contributed by atoms with Gasteiger partial charge in [-0.2, -0.15) is 0 Å². The van der Waals surface area contributed by atoms with Crippen molar-refractivity contribution in [1.82, 2.24) is 10.2 Å². The molecule has 1 saturated heterocycles. The maximum atomic E-state index is 11.1. The first-order valence-electron chi connectivity index (χ1n) is 4.22. The Morgan fingerprint density at radius 3 is 2.91 bits per heavy atom. The quantitative estimate of drug-likeness (QED) is 0.614. The van der Waals surface area contributed by atoms with E-state index in [1.54, 1.807) is 7.05 Å². The van der Waals surface area contributed by atoms with Crippen LogP contribution in [0.4, 0.5) is 0 Å². The first kappa shape index (κ1) is 8.53. The van der Waals surface area contributed by atoms with Crippen LogP contribution in [0.2, 0.25) is 0 Å². The number of amides is 1. The second kappa shape index (κ2) is 3.72. The summed E-state index contributed by atoms with van der Waals surface area (Å²) in [6, 6.07) is 0. The number of nitrogens with one attached hydrogen (secondary N) is 1. The number of hydrogen-bond acceptors (Lipinski definition) is 2. The smallest absolute Gasteiger partial charge is 0.224 e. The van der Waals surface area contributed by atoms with Gasteiger partial charge in [0, 0.05) is 13.6 Å². The van der Waals surface area contributed by atoms with E-state index in [4.69, 9.17) is 0 Å². The molecule has 0 saturated carbocycles. The molecule has 0 aromatic rings. The molecule has 0 aromatic carbocycles. The monoisotopic (exact) mass is 156 g/mol. The highest BCUT2D eigenvalue weighted by molar-refractivity contribution is 5.78. The molecular formula is C8H16N2O. The van der Waals surface area contributed by atoms with Gasteiger partial charge in [-0.05, 0) is 19.5 Å². The van der Waals surface area contributed by atoms with E-state index < -0.39 is 0 Å². The van der Waals surface area contributed by atoms with Crippen molar-refractivity contribution in [2.45, 2.75) is 13.3 Å². The second-order valence-corrected chi connectivity index (χ2v) is 2.99. The highest BCUT2D eigenvalue weighted by atomic mass is 16.1. The summed E-state index contributed by atoms with van der Waals surface area (Å²) in [5.41, 5.74) is 0. The molecule has 0 bridgehead atoms. The van der Waals surface area contributed by atoms with Crippen molar-refractivity contribution in [2.24, 2.45) is 5.92 Å². The molecular weight excluding hydrogens is 140 g/mol. The lowest BCUT2D eigenvalue weighted by Gasteiger charge is -2.11. The van der Waals surface area contributed by atoms with Gasteiger partial charge in [-0.25, -0.2) is 0 Å². The lowest BCUT2D eigenvalue weighted by Crippen LogP contribution is -2.30. The topological polar surface area (TPSA) is 32.3 Å². The Bertz CT molecular complexity index is 147. The van der Waals surface area contributed by atoms with E-state index in [1.807, 2.05) is 0 Å². The summed E-state index contributed by atoms with van der Waals surface area (Å²) < 4.78 is 0. The van der Waals surface area contributed by atoms with Crippen molar-refractivity contribution < 1.29 is 4.79 Å². The van der Waals surface area contributed by atoms with Crippen LogP contribution in [-0.4, -0.2) is 37.5 Å². The van der Waals surface area contributed by atoms with Gasteiger partial charge < -0.3 is 10.2 Å². The fourth-order valence-electron chi connectivity index (χ4n) is 1.54. The van der Waals surface area contributed by atoms with E-state index in [0.29, 0.717) is 0 Å². The average Bonchev–Trinajstić information content (AvgIpc) is 2.50. The molecule has 1 rings (SSSR count). The molecule has 0 aromatic heterocycles. The number of likely N-dealkylation sites (tertiary alicyclic amines) is 1. The summed E-state index contributed by atoms with van der Waals surface area (Å²) >= 11 is 0. The molecule has 1 aliphatic heterocycles. The Hall–Kier alpha value is -0.570. The van der Waals surface area contributed by atoms with Crippen LogP contribution in [0.5, 0.6) is 0 Å². The van der Waals surface area contributed by atoms with Crippen LogP contribution in [0.1, 0.15) is 13.3 Å². The summed E-state index contributed by atoms with van der Waals surface area (Å²) in [7, 11) is 1.71. The van der Waals surface area contributed by atoms with Crippen LogP contribution in [-0.2, 0) is 4.79 Å². The Labute approximate surface area is 67.8 Å². The normalized spacial score (nSPS) is 25.5. The van der Waals surface area contributed by atoms with Crippen LogP contribution in [0, 0.1) is 5.92 Å². The third-order valence-electron chi connectivity index (χ3n) is 2.34. The Morgan fingerprint density at radius 1 is 1.73 bits per heavy atom. The third-order valence-corrected chi connectivity index (χ3v) is 2.34. The molecule has 1 atom stereocenters. The molecule has 11 heavy (non-hydrogen) atoms. The highest BCUT2D eigenvalue weighted by Crippen LogP contribution is 2.14. The maximum Gasteiger partial charge on any atom is 0.224 e. The summed E-state index contributed by atoms with van der Waals surface area (Å²) in [5.74, 6) is 0.431. The largest absolute Gasteiger partial charge is 0.359 e. The lowest BCUT2D eigenvalue weighted by molar-refractivity contribution is -0.124. The van der Waals surface area contributed by atoms with E-state index in [9.17, 15) is 4.79 Å². The first-order valence-corrected chi connectivity index (χ1v) is 4.22. The molecule has 1 aliphatic rings. The van der Waals surface area contributed by atoms with Gasteiger partial charge in [0.15, 0.2) is 0 Å². The van der Waals surface area contributed by atoms with E-state index in [-0.39, 0.29) is 11.8 Å². The van der Waals surface area contributed by atoms with Crippen molar-refractivity contribution in [2.75, 3.05) is 26.7 Å². The first-order chi connectivity index (χ1) is 5.27. The van der Waals surface area contributed by atoms with Crippen molar-refractivity contribution in [3.63, 3.8) is 0 Å². The average molecular weight is 156 g/mol. The SMILES string of the molecule is CCN1CCC(C(=O)NC)C1.